The van der Waals surface area contributed by atoms with Crippen LogP contribution in [0.15, 0.2) is 48.5 Å². The number of alkyl carbamates (subject to hydrolysis) is 1. The number of hydrogen-bond donors (Lipinski definition) is 2. The Balaban J connectivity index is 0.00000300. The first-order valence-corrected chi connectivity index (χ1v) is 9.54. The number of rotatable bonds is 8. The second kappa shape index (κ2) is 10.8. The van der Waals surface area contributed by atoms with E-state index in [1.165, 1.54) is 29.4 Å². The molecule has 0 unspecified atom stereocenters. The van der Waals surface area contributed by atoms with Gasteiger partial charge in [-0.1, -0.05) is 48.5 Å². The maximum atomic E-state index is 12.0. The summed E-state index contributed by atoms with van der Waals surface area (Å²) in [4.78, 5) is 23.3. The number of hydrogen-bond acceptors (Lipinski definition) is 5. The van der Waals surface area contributed by atoms with Gasteiger partial charge in [0, 0.05) is 12.5 Å². The number of halogens is 1. The highest BCUT2D eigenvalue weighted by molar-refractivity contribution is 5.85. The standard InChI is InChI=1S/C22H26N2O4.ClH/c1-27-21(25)20(23)12-6-7-13-24-22(26)28-14-19-17-10-4-2-8-15(17)16-9-3-5-11-18(16)19;/h2-5,8-11,19-20H,6-7,12-14,23H2,1H3,(H,24,26);1H/t20-;/m0./s1. The van der Waals surface area contributed by atoms with Gasteiger partial charge in [-0.2, -0.15) is 0 Å². The van der Waals surface area contributed by atoms with Gasteiger partial charge in [-0.25, -0.2) is 4.79 Å². The van der Waals surface area contributed by atoms with Crippen molar-refractivity contribution in [2.45, 2.75) is 31.2 Å². The molecule has 0 spiro atoms. The molecule has 2 aromatic carbocycles. The molecule has 3 N–H and O–H groups in total. The lowest BCUT2D eigenvalue weighted by atomic mass is 9.98. The molecule has 0 heterocycles. The molecule has 3 rings (SSSR count). The van der Waals surface area contributed by atoms with Crippen LogP contribution in [0, 0.1) is 0 Å². The van der Waals surface area contributed by atoms with Crippen LogP contribution >= 0.6 is 12.4 Å². The zero-order valence-electron chi connectivity index (χ0n) is 16.4. The first-order chi connectivity index (χ1) is 13.6. The van der Waals surface area contributed by atoms with E-state index in [0.29, 0.717) is 19.6 Å². The molecule has 2 aromatic rings. The van der Waals surface area contributed by atoms with Crippen LogP contribution in [-0.2, 0) is 14.3 Å². The molecule has 0 radical (unpaired) electrons. The quantitative estimate of drug-likeness (QED) is 0.504. The fourth-order valence-corrected chi connectivity index (χ4v) is 3.60. The van der Waals surface area contributed by atoms with Crippen molar-refractivity contribution in [3.63, 3.8) is 0 Å². The van der Waals surface area contributed by atoms with Crippen molar-refractivity contribution in [2.24, 2.45) is 5.73 Å². The zero-order chi connectivity index (χ0) is 19.9. The summed E-state index contributed by atoms with van der Waals surface area (Å²) in [6.45, 7) is 0.775. The molecular formula is C22H27ClN2O4. The molecule has 156 valence electrons. The zero-order valence-corrected chi connectivity index (χ0v) is 17.2. The number of ether oxygens (including phenoxy) is 2. The maximum absolute atomic E-state index is 12.0. The normalized spacial score (nSPS) is 12.9. The lowest BCUT2D eigenvalue weighted by Crippen LogP contribution is -2.32. The highest BCUT2D eigenvalue weighted by Gasteiger charge is 2.28. The summed E-state index contributed by atoms with van der Waals surface area (Å²) < 4.78 is 10.1. The number of nitrogens with one attached hydrogen (secondary N) is 1. The molecule has 0 aliphatic heterocycles. The maximum Gasteiger partial charge on any atom is 0.407 e. The van der Waals surface area contributed by atoms with E-state index >= 15 is 0 Å². The average molecular weight is 419 g/mol. The number of amides is 1. The van der Waals surface area contributed by atoms with Gasteiger partial charge in [0.25, 0.3) is 0 Å². The SMILES string of the molecule is COC(=O)[C@@H](N)CCCCNC(=O)OCC1c2ccccc2-c2ccccc21.Cl. The number of carbonyl (C=O) groups is 2. The highest BCUT2D eigenvalue weighted by atomic mass is 35.5. The van der Waals surface area contributed by atoms with Crippen LogP contribution in [0.5, 0.6) is 0 Å². The Kier molecular flexibility index (Phi) is 8.49. The third-order valence-corrected chi connectivity index (χ3v) is 5.06. The van der Waals surface area contributed by atoms with Crippen LogP contribution in [0.2, 0.25) is 0 Å². The fraction of sp³-hybridized carbons (Fsp3) is 0.364. The molecule has 1 aliphatic carbocycles. The summed E-state index contributed by atoms with van der Waals surface area (Å²) >= 11 is 0. The topological polar surface area (TPSA) is 90.6 Å². The number of fused-ring (bicyclic) bond motifs is 3. The molecule has 0 bridgehead atoms. The third kappa shape index (κ3) is 5.49. The smallest absolute Gasteiger partial charge is 0.407 e. The van der Waals surface area contributed by atoms with Crippen molar-refractivity contribution in [2.75, 3.05) is 20.3 Å². The first kappa shape index (κ1) is 22.7. The molecule has 1 atom stereocenters. The molecule has 1 aliphatic rings. The predicted molar refractivity (Wildman–Crippen MR) is 114 cm³/mol. The molecule has 6 nitrogen and oxygen atoms in total. The van der Waals surface area contributed by atoms with Crippen molar-refractivity contribution in [1.29, 1.82) is 0 Å². The largest absolute Gasteiger partial charge is 0.468 e. The molecule has 0 saturated heterocycles. The Morgan fingerprint density at radius 1 is 1.03 bits per heavy atom. The number of methoxy groups -OCH3 is 1. The van der Waals surface area contributed by atoms with Crippen LogP contribution in [-0.4, -0.2) is 38.4 Å². The number of nitrogens with two attached hydrogens (primary N) is 1. The van der Waals surface area contributed by atoms with Crippen LogP contribution in [0.4, 0.5) is 4.79 Å². The van der Waals surface area contributed by atoms with Crippen LogP contribution in [0.25, 0.3) is 11.1 Å². The van der Waals surface area contributed by atoms with E-state index in [1.807, 2.05) is 24.3 Å². The van der Waals surface area contributed by atoms with E-state index in [9.17, 15) is 9.59 Å². The van der Waals surface area contributed by atoms with Crippen LogP contribution in [0.3, 0.4) is 0 Å². The monoisotopic (exact) mass is 418 g/mol. The van der Waals surface area contributed by atoms with E-state index in [0.717, 1.165) is 12.8 Å². The number of carbonyl (C=O) groups excluding carboxylic acids is 2. The minimum Gasteiger partial charge on any atom is -0.468 e. The van der Waals surface area contributed by atoms with Gasteiger partial charge >= 0.3 is 12.1 Å². The summed E-state index contributed by atoms with van der Waals surface area (Å²) in [5.41, 5.74) is 10.5. The Morgan fingerprint density at radius 2 is 1.62 bits per heavy atom. The molecule has 0 saturated carbocycles. The molecule has 0 aromatic heterocycles. The second-order valence-electron chi connectivity index (χ2n) is 6.88. The molecule has 29 heavy (non-hydrogen) atoms. The molecule has 1 amide bonds. The highest BCUT2D eigenvalue weighted by Crippen LogP contribution is 2.44. The van der Waals surface area contributed by atoms with Gasteiger partial charge in [-0.15, -0.1) is 12.4 Å². The lowest BCUT2D eigenvalue weighted by molar-refractivity contribution is -0.142. The summed E-state index contributed by atoms with van der Waals surface area (Å²) in [7, 11) is 1.32. The summed E-state index contributed by atoms with van der Waals surface area (Å²) in [5.74, 6) is -0.360. The Hall–Kier alpha value is -2.57. The minimum atomic E-state index is -0.612. The minimum absolute atomic E-state index is 0. The Morgan fingerprint density at radius 3 is 2.21 bits per heavy atom. The van der Waals surface area contributed by atoms with Gasteiger partial charge in [0.2, 0.25) is 0 Å². The number of esters is 1. The van der Waals surface area contributed by atoms with E-state index in [2.05, 4.69) is 34.3 Å². The summed E-state index contributed by atoms with van der Waals surface area (Å²) in [6, 6.07) is 15.8. The Bertz CT molecular complexity index is 798. The first-order valence-electron chi connectivity index (χ1n) is 9.54. The van der Waals surface area contributed by atoms with Gasteiger partial charge in [0.15, 0.2) is 0 Å². The van der Waals surface area contributed by atoms with Crippen molar-refractivity contribution in [3.8, 4) is 11.1 Å². The predicted octanol–water partition coefficient (Wildman–Crippen LogP) is 3.62. The van der Waals surface area contributed by atoms with Crippen molar-refractivity contribution in [1.82, 2.24) is 5.32 Å². The van der Waals surface area contributed by atoms with Crippen LogP contribution in [0.1, 0.15) is 36.3 Å². The Labute approximate surface area is 177 Å². The molecule has 0 fully saturated rings. The second-order valence-corrected chi connectivity index (χ2v) is 6.88. The molecule has 7 heteroatoms. The van der Waals surface area contributed by atoms with Gasteiger partial charge in [-0.05, 0) is 41.5 Å². The number of unbranched alkanes of at least 4 members (excludes halogenated alkanes) is 1. The van der Waals surface area contributed by atoms with Crippen molar-refractivity contribution >= 4 is 24.5 Å². The van der Waals surface area contributed by atoms with E-state index in [-0.39, 0.29) is 18.3 Å². The summed E-state index contributed by atoms with van der Waals surface area (Å²) in [6.07, 6.45) is 1.53. The van der Waals surface area contributed by atoms with Crippen molar-refractivity contribution < 1.29 is 19.1 Å². The number of benzene rings is 2. The average Bonchev–Trinajstić information content (AvgIpc) is 3.05. The van der Waals surface area contributed by atoms with Gasteiger partial charge in [-0.3, -0.25) is 4.79 Å². The molecular weight excluding hydrogens is 392 g/mol. The summed E-state index contributed by atoms with van der Waals surface area (Å²) in [5, 5.41) is 2.75. The van der Waals surface area contributed by atoms with Gasteiger partial charge in [0.1, 0.15) is 12.6 Å². The van der Waals surface area contributed by atoms with E-state index < -0.39 is 18.1 Å². The van der Waals surface area contributed by atoms with Gasteiger partial charge < -0.3 is 20.5 Å². The fourth-order valence-electron chi connectivity index (χ4n) is 3.60. The lowest BCUT2D eigenvalue weighted by Gasteiger charge is -2.14. The van der Waals surface area contributed by atoms with Crippen molar-refractivity contribution in [3.05, 3.63) is 59.7 Å². The van der Waals surface area contributed by atoms with Crippen LogP contribution < -0.4 is 11.1 Å². The van der Waals surface area contributed by atoms with E-state index in [1.54, 1.807) is 0 Å². The van der Waals surface area contributed by atoms with E-state index in [4.69, 9.17) is 10.5 Å². The third-order valence-electron chi connectivity index (χ3n) is 5.06. The van der Waals surface area contributed by atoms with Gasteiger partial charge in [0.05, 0.1) is 7.11 Å².